The first-order valence-corrected chi connectivity index (χ1v) is 5.75. The zero-order valence-corrected chi connectivity index (χ0v) is 10.1. The van der Waals surface area contributed by atoms with Crippen molar-refractivity contribution in [3.63, 3.8) is 0 Å². The number of nitrogens with zero attached hydrogens (tertiary/aromatic N) is 1. The first-order chi connectivity index (χ1) is 8.58. The van der Waals surface area contributed by atoms with Crippen molar-refractivity contribution in [1.82, 2.24) is 4.57 Å². The van der Waals surface area contributed by atoms with Gasteiger partial charge in [0.05, 0.1) is 0 Å². The van der Waals surface area contributed by atoms with Gasteiger partial charge in [0.15, 0.2) is 0 Å². The summed E-state index contributed by atoms with van der Waals surface area (Å²) in [7, 11) is 0. The van der Waals surface area contributed by atoms with E-state index in [1.165, 1.54) is 12.1 Å². The van der Waals surface area contributed by atoms with Crippen molar-refractivity contribution in [3.05, 3.63) is 69.9 Å². The Morgan fingerprint density at radius 1 is 1.33 bits per heavy atom. The molecule has 0 aliphatic heterocycles. The van der Waals surface area contributed by atoms with Gasteiger partial charge in [-0.1, -0.05) is 18.2 Å². The van der Waals surface area contributed by atoms with Gasteiger partial charge in [-0.25, -0.2) is 4.39 Å². The summed E-state index contributed by atoms with van der Waals surface area (Å²) in [6, 6.07) is 9.29. The highest BCUT2D eigenvalue weighted by Gasteiger charge is 2.09. The molecule has 1 atom stereocenters. The standard InChI is InChI=1S/C14H15FN2O/c1-10-4-3-7-17(14(10)18)9-13(16)11-5-2-6-12(15)8-11/h2-8,13H,9,16H2,1H3. The molecular formula is C14H15FN2O. The first kappa shape index (κ1) is 12.5. The number of aromatic nitrogens is 1. The summed E-state index contributed by atoms with van der Waals surface area (Å²) >= 11 is 0. The van der Waals surface area contributed by atoms with Gasteiger partial charge in [0.1, 0.15) is 5.82 Å². The largest absolute Gasteiger partial charge is 0.322 e. The molecule has 0 amide bonds. The molecule has 3 nitrogen and oxygen atoms in total. The zero-order valence-electron chi connectivity index (χ0n) is 10.1. The molecule has 4 heteroatoms. The molecule has 2 aromatic rings. The van der Waals surface area contributed by atoms with E-state index in [4.69, 9.17) is 5.73 Å². The normalized spacial score (nSPS) is 12.4. The van der Waals surface area contributed by atoms with Crippen LogP contribution in [-0.2, 0) is 6.54 Å². The third kappa shape index (κ3) is 2.65. The van der Waals surface area contributed by atoms with E-state index in [1.807, 2.05) is 0 Å². The lowest BCUT2D eigenvalue weighted by atomic mass is 10.1. The molecule has 1 heterocycles. The van der Waals surface area contributed by atoms with E-state index in [-0.39, 0.29) is 11.4 Å². The van der Waals surface area contributed by atoms with E-state index in [0.717, 1.165) is 0 Å². The predicted octanol–water partition coefficient (Wildman–Crippen LogP) is 2.00. The van der Waals surface area contributed by atoms with Crippen LogP contribution in [0.1, 0.15) is 17.2 Å². The fourth-order valence-corrected chi connectivity index (χ4v) is 1.86. The Labute approximate surface area is 105 Å². The minimum Gasteiger partial charge on any atom is -0.322 e. The number of benzene rings is 1. The lowest BCUT2D eigenvalue weighted by Crippen LogP contribution is -2.27. The molecular weight excluding hydrogens is 231 g/mol. The van der Waals surface area contributed by atoms with E-state index in [2.05, 4.69) is 0 Å². The van der Waals surface area contributed by atoms with E-state index in [0.29, 0.717) is 17.7 Å². The van der Waals surface area contributed by atoms with Crippen molar-refractivity contribution in [2.24, 2.45) is 5.73 Å². The minimum atomic E-state index is -0.403. The summed E-state index contributed by atoms with van der Waals surface area (Å²) in [6.45, 7) is 2.09. The molecule has 0 bridgehead atoms. The number of nitrogens with two attached hydrogens (primary N) is 1. The molecule has 2 rings (SSSR count). The highest BCUT2D eigenvalue weighted by atomic mass is 19.1. The van der Waals surface area contributed by atoms with Gasteiger partial charge in [-0.3, -0.25) is 4.79 Å². The Bertz CT molecular complexity index is 607. The summed E-state index contributed by atoms with van der Waals surface area (Å²) in [4.78, 5) is 11.8. The van der Waals surface area contributed by atoms with Crippen molar-refractivity contribution in [3.8, 4) is 0 Å². The maximum Gasteiger partial charge on any atom is 0.253 e. The SMILES string of the molecule is Cc1cccn(CC(N)c2cccc(F)c2)c1=O. The molecule has 2 N–H and O–H groups in total. The summed E-state index contributed by atoms with van der Waals surface area (Å²) in [5.74, 6) is -0.320. The average molecular weight is 246 g/mol. The first-order valence-electron chi connectivity index (χ1n) is 5.75. The maximum absolute atomic E-state index is 13.1. The molecule has 0 aliphatic carbocycles. The number of hydrogen-bond donors (Lipinski definition) is 1. The van der Waals surface area contributed by atoms with Crippen molar-refractivity contribution in [2.75, 3.05) is 0 Å². The van der Waals surface area contributed by atoms with Crippen LogP contribution in [0.25, 0.3) is 0 Å². The fraction of sp³-hybridized carbons (Fsp3) is 0.214. The topological polar surface area (TPSA) is 48.0 Å². The lowest BCUT2D eigenvalue weighted by molar-refractivity contribution is 0.553. The summed E-state index contributed by atoms with van der Waals surface area (Å²) in [5.41, 5.74) is 7.28. The number of halogens is 1. The molecule has 0 saturated heterocycles. The molecule has 1 unspecified atom stereocenters. The smallest absolute Gasteiger partial charge is 0.253 e. The molecule has 1 aromatic carbocycles. The second-order valence-electron chi connectivity index (χ2n) is 4.31. The van der Waals surface area contributed by atoms with E-state index >= 15 is 0 Å². The van der Waals surface area contributed by atoms with Crippen LogP contribution in [0.3, 0.4) is 0 Å². The lowest BCUT2D eigenvalue weighted by Gasteiger charge is -2.14. The van der Waals surface area contributed by atoms with E-state index in [9.17, 15) is 9.18 Å². The molecule has 18 heavy (non-hydrogen) atoms. The number of pyridine rings is 1. The van der Waals surface area contributed by atoms with Gasteiger partial charge in [-0.2, -0.15) is 0 Å². The van der Waals surface area contributed by atoms with Gasteiger partial charge in [0, 0.05) is 24.3 Å². The third-order valence-corrected chi connectivity index (χ3v) is 2.88. The third-order valence-electron chi connectivity index (χ3n) is 2.88. The van der Waals surface area contributed by atoms with Crippen molar-refractivity contribution in [2.45, 2.75) is 19.5 Å². The maximum atomic E-state index is 13.1. The quantitative estimate of drug-likeness (QED) is 0.900. The molecule has 0 fully saturated rings. The summed E-state index contributed by atoms with van der Waals surface area (Å²) in [5, 5.41) is 0. The van der Waals surface area contributed by atoms with Gasteiger partial charge in [0.2, 0.25) is 0 Å². The van der Waals surface area contributed by atoms with E-state index < -0.39 is 6.04 Å². The Kier molecular flexibility index (Phi) is 3.58. The summed E-state index contributed by atoms with van der Waals surface area (Å²) < 4.78 is 14.6. The van der Waals surface area contributed by atoms with Crippen molar-refractivity contribution >= 4 is 0 Å². The van der Waals surface area contributed by atoms with Crippen LogP contribution in [0, 0.1) is 12.7 Å². The van der Waals surface area contributed by atoms with Gasteiger partial charge in [-0.05, 0) is 30.7 Å². The highest BCUT2D eigenvalue weighted by molar-refractivity contribution is 5.20. The van der Waals surface area contributed by atoms with Crippen LogP contribution >= 0.6 is 0 Å². The Balaban J connectivity index is 2.24. The van der Waals surface area contributed by atoms with Crippen molar-refractivity contribution in [1.29, 1.82) is 0 Å². The Hall–Kier alpha value is -1.94. The number of aryl methyl sites for hydroxylation is 1. The van der Waals surface area contributed by atoms with Crippen LogP contribution in [0.5, 0.6) is 0 Å². The van der Waals surface area contributed by atoms with Crippen LogP contribution < -0.4 is 11.3 Å². The molecule has 1 aromatic heterocycles. The highest BCUT2D eigenvalue weighted by Crippen LogP contribution is 2.13. The Morgan fingerprint density at radius 3 is 2.83 bits per heavy atom. The fourth-order valence-electron chi connectivity index (χ4n) is 1.86. The molecule has 0 spiro atoms. The zero-order chi connectivity index (χ0) is 13.1. The van der Waals surface area contributed by atoms with Crippen LogP contribution in [0.15, 0.2) is 47.4 Å². The monoisotopic (exact) mass is 246 g/mol. The molecule has 94 valence electrons. The van der Waals surface area contributed by atoms with Gasteiger partial charge in [-0.15, -0.1) is 0 Å². The van der Waals surface area contributed by atoms with Crippen LogP contribution in [-0.4, -0.2) is 4.57 Å². The molecule has 0 aliphatic rings. The number of rotatable bonds is 3. The van der Waals surface area contributed by atoms with E-state index in [1.54, 1.807) is 42.0 Å². The molecule has 0 radical (unpaired) electrons. The summed E-state index contributed by atoms with van der Waals surface area (Å²) in [6.07, 6.45) is 1.69. The van der Waals surface area contributed by atoms with Gasteiger partial charge in [0.25, 0.3) is 5.56 Å². The minimum absolute atomic E-state index is 0.0654. The van der Waals surface area contributed by atoms with Gasteiger partial charge >= 0.3 is 0 Å². The van der Waals surface area contributed by atoms with Crippen LogP contribution in [0.2, 0.25) is 0 Å². The Morgan fingerprint density at radius 2 is 2.11 bits per heavy atom. The number of hydrogen-bond acceptors (Lipinski definition) is 2. The predicted molar refractivity (Wildman–Crippen MR) is 68.8 cm³/mol. The average Bonchev–Trinajstić information content (AvgIpc) is 2.35. The van der Waals surface area contributed by atoms with Crippen molar-refractivity contribution < 1.29 is 4.39 Å². The second kappa shape index (κ2) is 5.14. The molecule has 0 saturated carbocycles. The second-order valence-corrected chi connectivity index (χ2v) is 4.31. The van der Waals surface area contributed by atoms with Gasteiger partial charge < -0.3 is 10.3 Å². The van der Waals surface area contributed by atoms with Crippen LogP contribution in [0.4, 0.5) is 4.39 Å².